The molecule has 5 heteroatoms. The number of hydrogen-bond donors (Lipinski definition) is 0. The SMILES string of the molecule is COc1cc(OC)cc(-c2cccc3c(C(=O)N(Cc4ccncc4)C4CC4)cccc23)c1. The highest BCUT2D eigenvalue weighted by atomic mass is 16.5. The third kappa shape index (κ3) is 4.27. The van der Waals surface area contributed by atoms with Crippen LogP contribution in [0.5, 0.6) is 11.5 Å². The van der Waals surface area contributed by atoms with Gasteiger partial charge in [0.15, 0.2) is 0 Å². The van der Waals surface area contributed by atoms with Crippen LogP contribution in [0, 0.1) is 0 Å². The summed E-state index contributed by atoms with van der Waals surface area (Å²) in [5, 5.41) is 1.97. The van der Waals surface area contributed by atoms with E-state index in [9.17, 15) is 4.79 Å². The second-order valence-corrected chi connectivity index (χ2v) is 8.33. The normalized spacial score (nSPS) is 13.0. The summed E-state index contributed by atoms with van der Waals surface area (Å²) in [6.45, 7) is 0.592. The average Bonchev–Trinajstić information content (AvgIpc) is 3.72. The molecule has 1 amide bonds. The third-order valence-corrected chi connectivity index (χ3v) is 6.17. The molecule has 5 nitrogen and oxygen atoms in total. The van der Waals surface area contributed by atoms with E-state index < -0.39 is 0 Å². The van der Waals surface area contributed by atoms with Gasteiger partial charge in [-0.3, -0.25) is 9.78 Å². The lowest BCUT2D eigenvalue weighted by Gasteiger charge is -2.23. The number of methoxy groups -OCH3 is 2. The van der Waals surface area contributed by atoms with Crippen LogP contribution in [-0.2, 0) is 6.54 Å². The molecule has 1 heterocycles. The minimum absolute atomic E-state index is 0.0697. The Morgan fingerprint density at radius 2 is 1.58 bits per heavy atom. The summed E-state index contributed by atoms with van der Waals surface area (Å²) < 4.78 is 10.9. The highest BCUT2D eigenvalue weighted by Gasteiger charge is 2.33. The molecule has 0 unspecified atom stereocenters. The number of amides is 1. The van der Waals surface area contributed by atoms with Crippen molar-refractivity contribution in [3.8, 4) is 22.6 Å². The van der Waals surface area contributed by atoms with Crippen LogP contribution in [0.2, 0.25) is 0 Å². The van der Waals surface area contributed by atoms with E-state index in [-0.39, 0.29) is 5.91 Å². The first-order valence-corrected chi connectivity index (χ1v) is 11.1. The molecule has 1 saturated carbocycles. The number of aromatic nitrogens is 1. The van der Waals surface area contributed by atoms with Gasteiger partial charge in [0.25, 0.3) is 5.91 Å². The maximum Gasteiger partial charge on any atom is 0.255 e. The molecule has 0 saturated heterocycles. The summed E-state index contributed by atoms with van der Waals surface area (Å²) in [6, 6.07) is 22.2. The Balaban J connectivity index is 1.57. The first kappa shape index (κ1) is 21.0. The Kier molecular flexibility index (Phi) is 5.69. The Hall–Kier alpha value is -3.86. The summed E-state index contributed by atoms with van der Waals surface area (Å²) in [5.74, 6) is 1.52. The van der Waals surface area contributed by atoms with Crippen molar-refractivity contribution in [1.29, 1.82) is 0 Å². The van der Waals surface area contributed by atoms with Gasteiger partial charge in [-0.15, -0.1) is 0 Å². The molecule has 5 rings (SSSR count). The van der Waals surface area contributed by atoms with E-state index in [0.29, 0.717) is 12.6 Å². The molecule has 0 N–H and O–H groups in total. The summed E-state index contributed by atoms with van der Waals surface area (Å²) in [7, 11) is 3.29. The number of nitrogens with zero attached hydrogens (tertiary/aromatic N) is 2. The smallest absolute Gasteiger partial charge is 0.255 e. The van der Waals surface area contributed by atoms with Crippen LogP contribution in [0.3, 0.4) is 0 Å². The number of carbonyl (C=O) groups is 1. The summed E-state index contributed by atoms with van der Waals surface area (Å²) >= 11 is 0. The molecule has 1 aliphatic carbocycles. The van der Waals surface area contributed by atoms with Gasteiger partial charge in [0.2, 0.25) is 0 Å². The molecule has 0 atom stereocenters. The number of pyridine rings is 1. The minimum atomic E-state index is 0.0697. The largest absolute Gasteiger partial charge is 0.497 e. The van der Waals surface area contributed by atoms with Gasteiger partial charge in [0.05, 0.1) is 14.2 Å². The second kappa shape index (κ2) is 8.94. The van der Waals surface area contributed by atoms with E-state index in [1.807, 2.05) is 59.5 Å². The third-order valence-electron chi connectivity index (χ3n) is 6.17. The lowest BCUT2D eigenvalue weighted by Crippen LogP contribution is -2.32. The molecule has 166 valence electrons. The van der Waals surface area contributed by atoms with Crippen molar-refractivity contribution >= 4 is 16.7 Å². The van der Waals surface area contributed by atoms with Gasteiger partial charge in [-0.2, -0.15) is 0 Å². The van der Waals surface area contributed by atoms with Crippen molar-refractivity contribution in [3.05, 3.63) is 90.3 Å². The van der Waals surface area contributed by atoms with E-state index in [4.69, 9.17) is 9.47 Å². The van der Waals surface area contributed by atoms with Crippen LogP contribution in [0.25, 0.3) is 21.9 Å². The van der Waals surface area contributed by atoms with Crippen molar-refractivity contribution in [3.63, 3.8) is 0 Å². The van der Waals surface area contributed by atoms with Crippen LogP contribution >= 0.6 is 0 Å². The van der Waals surface area contributed by atoms with E-state index in [2.05, 4.69) is 17.1 Å². The molecular formula is C28H26N2O3. The summed E-state index contributed by atoms with van der Waals surface area (Å²) in [6.07, 6.45) is 5.65. The topological polar surface area (TPSA) is 51.7 Å². The van der Waals surface area contributed by atoms with Gasteiger partial charge in [-0.1, -0.05) is 30.3 Å². The summed E-state index contributed by atoms with van der Waals surface area (Å²) in [4.78, 5) is 19.9. The van der Waals surface area contributed by atoms with E-state index in [1.165, 1.54) is 0 Å². The van der Waals surface area contributed by atoms with E-state index >= 15 is 0 Å². The quantitative estimate of drug-likeness (QED) is 0.370. The number of carbonyl (C=O) groups excluding carboxylic acids is 1. The number of benzene rings is 3. The standard InChI is InChI=1S/C28H26N2O3/c1-32-22-15-20(16-23(17-22)33-2)24-5-3-7-26-25(24)6-4-8-27(26)28(31)30(21-9-10-21)18-19-11-13-29-14-12-19/h3-8,11-17,21H,9-10,18H2,1-2H3. The Labute approximate surface area is 193 Å². The molecule has 0 bridgehead atoms. The van der Waals surface area contributed by atoms with Crippen LogP contribution in [-0.4, -0.2) is 36.1 Å². The zero-order chi connectivity index (χ0) is 22.8. The molecule has 1 fully saturated rings. The highest BCUT2D eigenvalue weighted by Crippen LogP contribution is 2.36. The fourth-order valence-corrected chi connectivity index (χ4v) is 4.30. The molecule has 33 heavy (non-hydrogen) atoms. The van der Waals surface area contributed by atoms with Crippen molar-refractivity contribution in [2.45, 2.75) is 25.4 Å². The van der Waals surface area contributed by atoms with Gasteiger partial charge in [0.1, 0.15) is 11.5 Å². The Morgan fingerprint density at radius 3 is 2.24 bits per heavy atom. The Bertz CT molecular complexity index is 1280. The molecule has 0 radical (unpaired) electrons. The van der Waals surface area contributed by atoms with Crippen molar-refractivity contribution in [2.75, 3.05) is 14.2 Å². The molecule has 1 aliphatic rings. The number of rotatable bonds is 7. The minimum Gasteiger partial charge on any atom is -0.497 e. The van der Waals surface area contributed by atoms with Crippen molar-refractivity contribution in [2.24, 2.45) is 0 Å². The predicted octanol–water partition coefficient (Wildman–Crippen LogP) is 5.72. The van der Waals surface area contributed by atoms with Crippen molar-refractivity contribution < 1.29 is 14.3 Å². The fraction of sp³-hybridized carbons (Fsp3) is 0.214. The molecule has 1 aromatic heterocycles. The molecule has 0 aliphatic heterocycles. The highest BCUT2D eigenvalue weighted by molar-refractivity contribution is 6.10. The lowest BCUT2D eigenvalue weighted by molar-refractivity contribution is 0.0732. The van der Waals surface area contributed by atoms with E-state index in [0.717, 1.165) is 57.4 Å². The maximum absolute atomic E-state index is 13.8. The van der Waals surface area contributed by atoms with Crippen molar-refractivity contribution in [1.82, 2.24) is 9.88 Å². The van der Waals surface area contributed by atoms with Gasteiger partial charge in [-0.25, -0.2) is 0 Å². The lowest BCUT2D eigenvalue weighted by atomic mass is 9.95. The number of hydrogen-bond acceptors (Lipinski definition) is 4. The molecular weight excluding hydrogens is 412 g/mol. The zero-order valence-corrected chi connectivity index (χ0v) is 18.8. The average molecular weight is 439 g/mol. The van der Waals surface area contributed by atoms with Gasteiger partial charge >= 0.3 is 0 Å². The van der Waals surface area contributed by atoms with Gasteiger partial charge in [0, 0.05) is 36.6 Å². The van der Waals surface area contributed by atoms with Crippen LogP contribution < -0.4 is 9.47 Å². The first-order chi connectivity index (χ1) is 16.2. The first-order valence-electron chi connectivity index (χ1n) is 11.1. The number of fused-ring (bicyclic) bond motifs is 1. The second-order valence-electron chi connectivity index (χ2n) is 8.33. The predicted molar refractivity (Wildman–Crippen MR) is 130 cm³/mol. The molecule has 3 aromatic carbocycles. The van der Waals surface area contributed by atoms with Gasteiger partial charge < -0.3 is 14.4 Å². The monoisotopic (exact) mass is 438 g/mol. The molecule has 0 spiro atoms. The van der Waals surface area contributed by atoms with Gasteiger partial charge in [-0.05, 0) is 70.6 Å². The maximum atomic E-state index is 13.8. The fourth-order valence-electron chi connectivity index (χ4n) is 4.30. The van der Waals surface area contributed by atoms with Crippen LogP contribution in [0.4, 0.5) is 0 Å². The molecule has 4 aromatic rings. The Morgan fingerprint density at radius 1 is 0.909 bits per heavy atom. The zero-order valence-electron chi connectivity index (χ0n) is 18.8. The van der Waals surface area contributed by atoms with Crippen LogP contribution in [0.15, 0.2) is 79.1 Å². The van der Waals surface area contributed by atoms with Crippen LogP contribution in [0.1, 0.15) is 28.8 Å². The van der Waals surface area contributed by atoms with E-state index in [1.54, 1.807) is 26.6 Å². The summed E-state index contributed by atoms with van der Waals surface area (Å²) in [5.41, 5.74) is 3.84. The number of ether oxygens (including phenoxy) is 2.